The Labute approximate surface area is 455 Å². The van der Waals surface area contributed by atoms with E-state index in [0.717, 1.165) is 6.92 Å². The number of phenols is 1. The highest BCUT2D eigenvalue weighted by Gasteiger charge is 2.37. The molecule has 1 aromatic rings. The van der Waals surface area contributed by atoms with E-state index >= 15 is 0 Å². The van der Waals surface area contributed by atoms with Crippen molar-refractivity contribution in [3.8, 4) is 5.75 Å². The molecule has 0 bridgehead atoms. The number of carboxylic acid groups (broad SMARTS) is 4. The van der Waals surface area contributed by atoms with Crippen molar-refractivity contribution in [1.82, 2.24) is 47.9 Å². The molecule has 0 aliphatic carbocycles. The number of hydrogen-bond acceptors (Lipinski definition) is 17. The number of unbranched alkanes of at least 4 members (excludes halogenated alkanes) is 1. The number of benzene rings is 1. The molecule has 0 fully saturated rings. The zero-order chi connectivity index (χ0) is 60.3. The molecule has 442 valence electrons. The van der Waals surface area contributed by atoms with Gasteiger partial charge in [-0.3, -0.25) is 57.5 Å². The summed E-state index contributed by atoms with van der Waals surface area (Å²) in [5.41, 5.74) is 11.7. The number of aliphatic hydroxyl groups is 1. The van der Waals surface area contributed by atoms with Gasteiger partial charge in [-0.1, -0.05) is 46.2 Å². The third-order valence-electron chi connectivity index (χ3n) is 11.9. The van der Waals surface area contributed by atoms with Crippen molar-refractivity contribution in [2.24, 2.45) is 23.3 Å². The Hall–Kier alpha value is -7.99. The van der Waals surface area contributed by atoms with Crippen LogP contribution in [0.15, 0.2) is 24.3 Å². The summed E-state index contributed by atoms with van der Waals surface area (Å²) in [5, 5.41) is 79.1. The monoisotopic (exact) mass is 1120 g/mol. The maximum atomic E-state index is 13.8. The van der Waals surface area contributed by atoms with E-state index in [2.05, 4.69) is 47.9 Å². The number of hydrogen-bond donors (Lipinski definition) is 17. The van der Waals surface area contributed by atoms with Crippen LogP contribution in [0.5, 0.6) is 5.75 Å². The van der Waals surface area contributed by atoms with E-state index < -0.39 is 176 Å². The lowest BCUT2D eigenvalue weighted by Crippen LogP contribution is -2.62. The van der Waals surface area contributed by atoms with Gasteiger partial charge in [-0.2, -0.15) is 0 Å². The van der Waals surface area contributed by atoms with E-state index in [9.17, 15) is 93.0 Å². The highest BCUT2D eigenvalue weighted by Crippen LogP contribution is 2.14. The van der Waals surface area contributed by atoms with Crippen LogP contribution in [0.2, 0.25) is 0 Å². The average Bonchev–Trinajstić information content (AvgIpc) is 3.35. The van der Waals surface area contributed by atoms with E-state index in [1.807, 2.05) is 0 Å². The van der Waals surface area contributed by atoms with Crippen LogP contribution in [-0.4, -0.2) is 181 Å². The summed E-state index contributed by atoms with van der Waals surface area (Å²) < 4.78 is 0. The van der Waals surface area contributed by atoms with E-state index in [0.29, 0.717) is 18.4 Å². The van der Waals surface area contributed by atoms with Gasteiger partial charge in [-0.15, -0.1) is 0 Å². The van der Waals surface area contributed by atoms with Gasteiger partial charge in [0.25, 0.3) is 0 Å². The molecule has 30 nitrogen and oxygen atoms in total. The van der Waals surface area contributed by atoms with Gasteiger partial charge < -0.3 is 90.0 Å². The van der Waals surface area contributed by atoms with E-state index in [1.54, 1.807) is 27.7 Å². The number of phenolic OH excluding ortho intramolecular Hbond substituents is 1. The number of nitrogens with one attached hydrogen (secondary N) is 9. The van der Waals surface area contributed by atoms with Gasteiger partial charge in [-0.05, 0) is 82.0 Å². The number of carbonyl (C=O) groups excluding carboxylic acids is 9. The maximum Gasteiger partial charge on any atom is 0.326 e. The van der Waals surface area contributed by atoms with Crippen LogP contribution in [0.4, 0.5) is 0 Å². The highest BCUT2D eigenvalue weighted by atomic mass is 16.4. The Morgan fingerprint density at radius 2 is 1.00 bits per heavy atom. The van der Waals surface area contributed by atoms with Crippen molar-refractivity contribution in [3.63, 3.8) is 0 Å². The molecule has 0 unspecified atom stereocenters. The standard InChI is InChI=1S/C49H77N11O19/c1-7-24(4)39(59-41(70)25(5)51)47(76)57-31(18-23(2)3)44(73)56-33(21-38(68)69)46(75)54-30(15-16-36(64)65)43(72)60-40(26(6)61)48(77)55-29(10-8-9-17-50)42(71)52-22-35(63)53-32(20-37(66)67)45(74)58-34(49(78)79)19-27-11-13-28(62)14-12-27/h11-14,23-26,29-34,39-40,61-62H,7-10,15-22,50-51H2,1-6H3,(H,52,71)(H,53,63)(H,54,75)(H,55,77)(H,56,73)(H,57,76)(H,58,74)(H,59,70)(H,60,72)(H,64,65)(H,66,67)(H,68,69)(H,78,79)/t24-,25-,26+,29-,30-,31-,32-,33-,34-,39-,40-/m0/s1. The fourth-order valence-corrected chi connectivity index (χ4v) is 7.36. The lowest BCUT2D eigenvalue weighted by atomic mass is 9.96. The molecule has 0 radical (unpaired) electrons. The molecule has 0 aromatic heterocycles. The van der Waals surface area contributed by atoms with E-state index in [-0.39, 0.29) is 43.9 Å². The second-order valence-corrected chi connectivity index (χ2v) is 19.3. The molecule has 79 heavy (non-hydrogen) atoms. The highest BCUT2D eigenvalue weighted by molar-refractivity contribution is 5.99. The molecule has 11 atom stereocenters. The van der Waals surface area contributed by atoms with Crippen molar-refractivity contribution < 1.29 is 93.0 Å². The number of carboxylic acids is 4. The molecular weight excluding hydrogens is 1050 g/mol. The van der Waals surface area contributed by atoms with Crippen LogP contribution >= 0.6 is 0 Å². The molecule has 0 saturated carbocycles. The summed E-state index contributed by atoms with van der Waals surface area (Å²) in [7, 11) is 0. The molecule has 1 aromatic carbocycles. The summed E-state index contributed by atoms with van der Waals surface area (Å²) in [5.74, 6) is -16.8. The van der Waals surface area contributed by atoms with Crippen LogP contribution in [0.1, 0.15) is 105 Å². The smallest absolute Gasteiger partial charge is 0.326 e. The van der Waals surface area contributed by atoms with Gasteiger partial charge in [0, 0.05) is 12.8 Å². The number of aliphatic carboxylic acids is 4. The topological polar surface area (TPSA) is 504 Å². The summed E-state index contributed by atoms with van der Waals surface area (Å²) in [4.78, 5) is 168. The van der Waals surface area contributed by atoms with Gasteiger partial charge in [-0.25, -0.2) is 4.79 Å². The third kappa shape index (κ3) is 26.3. The van der Waals surface area contributed by atoms with Crippen LogP contribution in [0.25, 0.3) is 0 Å². The Bertz CT molecular complexity index is 2300. The first-order valence-corrected chi connectivity index (χ1v) is 25.4. The number of rotatable bonds is 37. The fourth-order valence-electron chi connectivity index (χ4n) is 7.36. The molecule has 1 rings (SSSR count). The number of aliphatic hydroxyl groups excluding tert-OH is 1. The molecule has 0 heterocycles. The molecule has 9 amide bonds. The second-order valence-electron chi connectivity index (χ2n) is 19.3. The van der Waals surface area contributed by atoms with Gasteiger partial charge in [0.05, 0.1) is 31.5 Å². The quantitative estimate of drug-likeness (QED) is 0.0281. The first kappa shape index (κ1) is 69.0. The van der Waals surface area contributed by atoms with Gasteiger partial charge in [0.1, 0.15) is 54.1 Å². The normalized spacial score (nSPS) is 15.2. The largest absolute Gasteiger partial charge is 0.508 e. The van der Waals surface area contributed by atoms with Gasteiger partial charge in [0.15, 0.2) is 0 Å². The van der Waals surface area contributed by atoms with Crippen molar-refractivity contribution in [2.75, 3.05) is 13.1 Å². The van der Waals surface area contributed by atoms with Crippen molar-refractivity contribution in [3.05, 3.63) is 29.8 Å². The fraction of sp³-hybridized carbons (Fsp3) is 0.612. The first-order chi connectivity index (χ1) is 36.9. The molecule has 0 spiro atoms. The summed E-state index contributed by atoms with van der Waals surface area (Å²) in [6.07, 6.45) is -5.05. The minimum absolute atomic E-state index is 0.0526. The average molecular weight is 1120 g/mol. The Morgan fingerprint density at radius 1 is 0.532 bits per heavy atom. The van der Waals surface area contributed by atoms with Crippen LogP contribution < -0.4 is 59.3 Å². The zero-order valence-electron chi connectivity index (χ0n) is 44.9. The first-order valence-electron chi connectivity index (χ1n) is 25.4. The summed E-state index contributed by atoms with van der Waals surface area (Å²) in [6, 6.07) is -9.09. The summed E-state index contributed by atoms with van der Waals surface area (Å²) >= 11 is 0. The molecule has 0 aliphatic heterocycles. The second kappa shape index (κ2) is 34.7. The third-order valence-corrected chi connectivity index (χ3v) is 11.9. The molecule has 0 saturated heterocycles. The lowest BCUT2D eigenvalue weighted by molar-refractivity contribution is -0.143. The zero-order valence-corrected chi connectivity index (χ0v) is 44.9. The number of aromatic hydroxyl groups is 1. The Morgan fingerprint density at radius 3 is 1.49 bits per heavy atom. The van der Waals surface area contributed by atoms with E-state index in [1.165, 1.54) is 31.2 Å². The van der Waals surface area contributed by atoms with Gasteiger partial charge in [0.2, 0.25) is 53.2 Å². The number of amides is 9. The predicted octanol–water partition coefficient (Wildman–Crippen LogP) is -4.22. The van der Waals surface area contributed by atoms with Crippen LogP contribution in [-0.2, 0) is 68.7 Å². The Kier molecular flexibility index (Phi) is 30.3. The van der Waals surface area contributed by atoms with Gasteiger partial charge >= 0.3 is 23.9 Å². The minimum Gasteiger partial charge on any atom is -0.508 e. The predicted molar refractivity (Wildman–Crippen MR) is 276 cm³/mol. The molecular formula is C49H77N11O19. The number of nitrogens with two attached hydrogens (primary N) is 2. The number of carbonyl (C=O) groups is 13. The SMILES string of the molecule is CC[C@H](C)[C@H](NC(=O)[C@H](C)N)C(=O)N[C@@H](CC(C)C)C(=O)N[C@@H](CC(=O)O)C(=O)N[C@@H](CCC(=O)O)C(=O)N[C@H](C(=O)N[C@@H](CCCCN)C(=O)NCC(=O)N[C@@H](CC(=O)O)C(=O)N[C@@H](Cc1ccc(O)cc1)C(=O)O)[C@@H](C)O. The van der Waals surface area contributed by atoms with Crippen molar-refractivity contribution in [2.45, 2.75) is 166 Å². The summed E-state index contributed by atoms with van der Waals surface area (Å²) in [6.45, 7) is 8.44. The van der Waals surface area contributed by atoms with E-state index in [4.69, 9.17) is 11.5 Å². The molecule has 19 N–H and O–H groups in total. The minimum atomic E-state index is -1.97. The van der Waals surface area contributed by atoms with Crippen LogP contribution in [0.3, 0.4) is 0 Å². The maximum absolute atomic E-state index is 13.8. The van der Waals surface area contributed by atoms with Crippen LogP contribution in [0, 0.1) is 11.8 Å². The van der Waals surface area contributed by atoms with Crippen molar-refractivity contribution >= 4 is 77.0 Å². The lowest BCUT2D eigenvalue weighted by Gasteiger charge is -2.29. The Balaban J connectivity index is 3.36. The molecule has 0 aliphatic rings. The van der Waals surface area contributed by atoms with Crippen molar-refractivity contribution in [1.29, 1.82) is 0 Å². The molecule has 30 heteroatoms.